The number of amides is 1. The standard InChI is InChI=1S/C14H12ClNO4/c1-9(17)16(8-11-3-2-6-20-11)10-4-5-12(14(18)19)13(15)7-10/h2-7H,8H2,1H3,(H,18,19). The third-order valence-electron chi connectivity index (χ3n) is 2.77. The second kappa shape index (κ2) is 5.79. The van der Waals surface area contributed by atoms with Crippen LogP contribution in [0.5, 0.6) is 0 Å². The number of rotatable bonds is 4. The third kappa shape index (κ3) is 3.00. The quantitative estimate of drug-likeness (QED) is 0.940. The molecule has 5 nitrogen and oxygen atoms in total. The third-order valence-corrected chi connectivity index (χ3v) is 3.08. The number of furan rings is 1. The highest BCUT2D eigenvalue weighted by atomic mass is 35.5. The van der Waals surface area contributed by atoms with Crippen LogP contribution in [0.4, 0.5) is 5.69 Å². The fourth-order valence-electron chi connectivity index (χ4n) is 1.79. The van der Waals surface area contributed by atoms with E-state index in [1.165, 1.54) is 30.2 Å². The normalized spacial score (nSPS) is 10.3. The Balaban J connectivity index is 2.32. The van der Waals surface area contributed by atoms with E-state index in [1.54, 1.807) is 18.2 Å². The second-order valence-corrected chi connectivity index (χ2v) is 4.56. The molecule has 20 heavy (non-hydrogen) atoms. The lowest BCUT2D eigenvalue weighted by atomic mass is 10.2. The van der Waals surface area contributed by atoms with Crippen LogP contribution >= 0.6 is 11.6 Å². The lowest BCUT2D eigenvalue weighted by Crippen LogP contribution is -2.27. The lowest BCUT2D eigenvalue weighted by molar-refractivity contribution is -0.116. The first-order valence-electron chi connectivity index (χ1n) is 5.82. The summed E-state index contributed by atoms with van der Waals surface area (Å²) in [5.41, 5.74) is 0.515. The highest BCUT2D eigenvalue weighted by Crippen LogP contribution is 2.25. The van der Waals surface area contributed by atoms with Crippen LogP contribution in [-0.4, -0.2) is 17.0 Å². The summed E-state index contributed by atoms with van der Waals surface area (Å²) in [5.74, 6) is -0.680. The summed E-state index contributed by atoms with van der Waals surface area (Å²) in [7, 11) is 0. The van der Waals surface area contributed by atoms with Crippen molar-refractivity contribution in [2.75, 3.05) is 4.90 Å². The van der Waals surface area contributed by atoms with E-state index >= 15 is 0 Å². The molecular weight excluding hydrogens is 282 g/mol. The first kappa shape index (κ1) is 14.1. The van der Waals surface area contributed by atoms with Gasteiger partial charge in [-0.2, -0.15) is 0 Å². The van der Waals surface area contributed by atoms with Crippen molar-refractivity contribution in [1.29, 1.82) is 0 Å². The van der Waals surface area contributed by atoms with E-state index in [0.29, 0.717) is 11.4 Å². The molecular formula is C14H12ClNO4. The number of anilines is 1. The van der Waals surface area contributed by atoms with E-state index in [2.05, 4.69) is 0 Å². The zero-order valence-corrected chi connectivity index (χ0v) is 11.4. The number of nitrogens with zero attached hydrogens (tertiary/aromatic N) is 1. The van der Waals surface area contributed by atoms with E-state index in [1.807, 2.05) is 0 Å². The first-order chi connectivity index (χ1) is 9.49. The van der Waals surface area contributed by atoms with E-state index in [9.17, 15) is 9.59 Å². The van der Waals surface area contributed by atoms with Gasteiger partial charge in [-0.05, 0) is 30.3 Å². The minimum atomic E-state index is -1.11. The van der Waals surface area contributed by atoms with Crippen LogP contribution in [0.15, 0.2) is 41.0 Å². The van der Waals surface area contributed by atoms with Crippen LogP contribution < -0.4 is 4.90 Å². The maximum absolute atomic E-state index is 11.7. The van der Waals surface area contributed by atoms with Gasteiger partial charge in [-0.15, -0.1) is 0 Å². The molecule has 0 fully saturated rings. The monoisotopic (exact) mass is 293 g/mol. The molecule has 1 aromatic heterocycles. The van der Waals surface area contributed by atoms with Gasteiger partial charge in [0.2, 0.25) is 5.91 Å². The summed E-state index contributed by atoms with van der Waals surface area (Å²) in [5, 5.41) is 9.02. The molecule has 2 aromatic rings. The van der Waals surface area contributed by atoms with Gasteiger partial charge < -0.3 is 14.4 Å². The maximum atomic E-state index is 11.7. The smallest absolute Gasteiger partial charge is 0.337 e. The Hall–Kier alpha value is -2.27. The van der Waals surface area contributed by atoms with Crippen LogP contribution in [0.25, 0.3) is 0 Å². The number of carbonyl (C=O) groups is 2. The molecule has 1 N–H and O–H groups in total. The number of carbonyl (C=O) groups excluding carboxylic acids is 1. The van der Waals surface area contributed by atoms with Gasteiger partial charge in [0.25, 0.3) is 0 Å². The number of benzene rings is 1. The van der Waals surface area contributed by atoms with Gasteiger partial charge >= 0.3 is 5.97 Å². The molecule has 0 aliphatic heterocycles. The second-order valence-electron chi connectivity index (χ2n) is 4.15. The van der Waals surface area contributed by atoms with Crippen molar-refractivity contribution in [2.24, 2.45) is 0 Å². The molecule has 0 radical (unpaired) electrons. The summed E-state index contributed by atoms with van der Waals surface area (Å²) in [4.78, 5) is 24.1. The van der Waals surface area contributed by atoms with Crippen molar-refractivity contribution in [1.82, 2.24) is 0 Å². The molecule has 1 aromatic carbocycles. The van der Waals surface area contributed by atoms with E-state index < -0.39 is 5.97 Å². The number of carboxylic acids is 1. The molecule has 1 amide bonds. The Labute approximate surface area is 120 Å². The Bertz CT molecular complexity index is 637. The number of hydrogen-bond donors (Lipinski definition) is 1. The van der Waals surface area contributed by atoms with Crippen LogP contribution in [0.2, 0.25) is 5.02 Å². The number of carboxylic acid groups (broad SMARTS) is 1. The molecule has 0 aliphatic rings. The zero-order chi connectivity index (χ0) is 14.7. The van der Waals surface area contributed by atoms with Crippen molar-refractivity contribution < 1.29 is 19.1 Å². The van der Waals surface area contributed by atoms with Gasteiger partial charge in [-0.25, -0.2) is 4.79 Å². The Morgan fingerprint density at radius 1 is 1.35 bits per heavy atom. The number of hydrogen-bond acceptors (Lipinski definition) is 3. The van der Waals surface area contributed by atoms with Gasteiger partial charge in [0.05, 0.1) is 23.4 Å². The summed E-state index contributed by atoms with van der Waals surface area (Å²) in [6.07, 6.45) is 1.52. The molecule has 0 saturated heterocycles. The van der Waals surface area contributed by atoms with Crippen LogP contribution in [0, 0.1) is 0 Å². The molecule has 0 unspecified atom stereocenters. The predicted molar refractivity (Wildman–Crippen MR) is 74.0 cm³/mol. The van der Waals surface area contributed by atoms with Crippen LogP contribution in [0.1, 0.15) is 23.0 Å². The molecule has 0 aliphatic carbocycles. The fraction of sp³-hybridized carbons (Fsp3) is 0.143. The molecule has 0 atom stereocenters. The Morgan fingerprint density at radius 2 is 2.10 bits per heavy atom. The van der Waals surface area contributed by atoms with Crippen LogP contribution in [-0.2, 0) is 11.3 Å². The molecule has 0 bridgehead atoms. The van der Waals surface area contributed by atoms with E-state index in [0.717, 1.165) is 0 Å². The molecule has 0 spiro atoms. The van der Waals surface area contributed by atoms with Gasteiger partial charge in [0.15, 0.2) is 0 Å². The minimum Gasteiger partial charge on any atom is -0.478 e. The van der Waals surface area contributed by atoms with Gasteiger partial charge in [0, 0.05) is 12.6 Å². The first-order valence-corrected chi connectivity index (χ1v) is 6.20. The number of halogens is 1. The molecule has 1 heterocycles. The molecule has 0 saturated carbocycles. The molecule has 104 valence electrons. The van der Waals surface area contributed by atoms with Crippen molar-refractivity contribution in [2.45, 2.75) is 13.5 Å². The zero-order valence-electron chi connectivity index (χ0n) is 10.7. The Morgan fingerprint density at radius 3 is 2.60 bits per heavy atom. The topological polar surface area (TPSA) is 70.8 Å². The van der Waals surface area contributed by atoms with Gasteiger partial charge in [-0.1, -0.05) is 11.6 Å². The maximum Gasteiger partial charge on any atom is 0.337 e. The van der Waals surface area contributed by atoms with Crippen molar-refractivity contribution in [3.8, 4) is 0 Å². The highest BCUT2D eigenvalue weighted by molar-refractivity contribution is 6.33. The minimum absolute atomic E-state index is 0.00285. The SMILES string of the molecule is CC(=O)N(Cc1ccco1)c1ccc(C(=O)O)c(Cl)c1. The summed E-state index contributed by atoms with van der Waals surface area (Å²) >= 11 is 5.91. The van der Waals surface area contributed by atoms with Gasteiger partial charge in [-0.3, -0.25) is 4.79 Å². The van der Waals surface area contributed by atoms with E-state index in [-0.39, 0.29) is 23.0 Å². The largest absolute Gasteiger partial charge is 0.478 e. The van der Waals surface area contributed by atoms with Crippen molar-refractivity contribution >= 4 is 29.2 Å². The average molecular weight is 294 g/mol. The molecule has 2 rings (SSSR count). The summed E-state index contributed by atoms with van der Waals surface area (Å²) < 4.78 is 5.21. The highest BCUT2D eigenvalue weighted by Gasteiger charge is 2.16. The predicted octanol–water partition coefficient (Wildman–Crippen LogP) is 3.18. The van der Waals surface area contributed by atoms with Crippen molar-refractivity contribution in [3.05, 3.63) is 52.9 Å². The van der Waals surface area contributed by atoms with Crippen molar-refractivity contribution in [3.63, 3.8) is 0 Å². The fourth-order valence-corrected chi connectivity index (χ4v) is 2.04. The van der Waals surface area contributed by atoms with E-state index in [4.69, 9.17) is 21.1 Å². The molecule has 6 heteroatoms. The number of aromatic carboxylic acids is 1. The van der Waals surface area contributed by atoms with Crippen LogP contribution in [0.3, 0.4) is 0 Å². The van der Waals surface area contributed by atoms with Gasteiger partial charge in [0.1, 0.15) is 5.76 Å². The lowest BCUT2D eigenvalue weighted by Gasteiger charge is -2.20. The summed E-state index contributed by atoms with van der Waals surface area (Å²) in [6, 6.07) is 7.85. The average Bonchev–Trinajstić information content (AvgIpc) is 2.87. The Kier molecular flexibility index (Phi) is 4.10. The summed E-state index contributed by atoms with van der Waals surface area (Å²) in [6.45, 7) is 1.67.